The van der Waals surface area contributed by atoms with Gasteiger partial charge in [0.15, 0.2) is 17.3 Å². The number of hydrogen-bond donors (Lipinski definition) is 1. The summed E-state index contributed by atoms with van der Waals surface area (Å²) < 4.78 is 7.56. The molecule has 0 bridgehead atoms. The zero-order valence-electron chi connectivity index (χ0n) is 13.8. The van der Waals surface area contributed by atoms with Crippen molar-refractivity contribution in [1.82, 2.24) is 9.55 Å². The molecule has 1 N–H and O–H groups in total. The lowest BCUT2D eigenvalue weighted by molar-refractivity contribution is 0.372. The van der Waals surface area contributed by atoms with Crippen LogP contribution in [0.4, 0.5) is 0 Å². The van der Waals surface area contributed by atoms with Crippen molar-refractivity contribution in [3.63, 3.8) is 0 Å². The van der Waals surface area contributed by atoms with Crippen molar-refractivity contribution in [3.8, 4) is 17.6 Å². The standard InChI is InChI=1S/C19H16BrN3O2/c1-3-23-15-7-5-4-6-14(15)22-19(23)13(11-21)10-12-8-9-16(25-2)18(24)17(12)20/h4-10,24H,3H2,1-2H3/b13-10-. The number of methoxy groups -OCH3 is 1. The number of fused-ring (bicyclic) bond motifs is 1. The van der Waals surface area contributed by atoms with Gasteiger partial charge < -0.3 is 14.4 Å². The van der Waals surface area contributed by atoms with Gasteiger partial charge in [-0.05, 0) is 58.8 Å². The van der Waals surface area contributed by atoms with E-state index in [4.69, 9.17) is 4.74 Å². The monoisotopic (exact) mass is 397 g/mol. The number of ether oxygens (including phenoxy) is 1. The van der Waals surface area contributed by atoms with Gasteiger partial charge in [-0.1, -0.05) is 12.1 Å². The molecule has 25 heavy (non-hydrogen) atoms. The van der Waals surface area contributed by atoms with Crippen LogP contribution in [-0.4, -0.2) is 21.8 Å². The maximum Gasteiger partial charge on any atom is 0.172 e. The van der Waals surface area contributed by atoms with E-state index in [0.29, 0.717) is 33.7 Å². The molecule has 0 aliphatic carbocycles. The quantitative estimate of drug-likeness (QED) is 0.653. The van der Waals surface area contributed by atoms with Crippen LogP contribution < -0.4 is 4.74 Å². The number of hydrogen-bond acceptors (Lipinski definition) is 4. The normalized spacial score (nSPS) is 11.5. The number of nitrogens with zero attached hydrogens (tertiary/aromatic N) is 3. The number of phenolic OH excluding ortho intramolecular Hbond substituents is 1. The van der Waals surface area contributed by atoms with Crippen molar-refractivity contribution in [1.29, 1.82) is 5.26 Å². The molecule has 3 rings (SSSR count). The third kappa shape index (κ3) is 2.99. The molecule has 1 aromatic heterocycles. The Balaban J connectivity index is 2.18. The van der Waals surface area contributed by atoms with Crippen LogP contribution in [0.3, 0.4) is 0 Å². The number of aromatic hydroxyl groups is 1. The van der Waals surface area contributed by atoms with Gasteiger partial charge in [-0.15, -0.1) is 0 Å². The summed E-state index contributed by atoms with van der Waals surface area (Å²) in [5, 5.41) is 19.8. The highest BCUT2D eigenvalue weighted by atomic mass is 79.9. The highest BCUT2D eigenvalue weighted by molar-refractivity contribution is 9.10. The fourth-order valence-corrected chi connectivity index (χ4v) is 3.18. The average molecular weight is 398 g/mol. The van der Waals surface area contributed by atoms with E-state index in [1.165, 1.54) is 7.11 Å². The van der Waals surface area contributed by atoms with Crippen molar-refractivity contribution < 1.29 is 9.84 Å². The lowest BCUT2D eigenvalue weighted by Gasteiger charge is -2.08. The first-order chi connectivity index (χ1) is 12.1. The number of nitriles is 1. The number of allylic oxidation sites excluding steroid dienone is 1. The Kier molecular flexibility index (Phi) is 4.77. The van der Waals surface area contributed by atoms with Gasteiger partial charge in [-0.2, -0.15) is 5.26 Å². The minimum atomic E-state index is -0.00228. The summed E-state index contributed by atoms with van der Waals surface area (Å²) in [6.45, 7) is 2.71. The maximum atomic E-state index is 10.1. The first kappa shape index (κ1) is 17.1. The molecular weight excluding hydrogens is 382 g/mol. The van der Waals surface area contributed by atoms with Crippen LogP contribution in [0.1, 0.15) is 18.3 Å². The highest BCUT2D eigenvalue weighted by Gasteiger charge is 2.15. The van der Waals surface area contributed by atoms with E-state index >= 15 is 0 Å². The van der Waals surface area contributed by atoms with Crippen molar-refractivity contribution in [2.45, 2.75) is 13.5 Å². The van der Waals surface area contributed by atoms with E-state index in [9.17, 15) is 10.4 Å². The van der Waals surface area contributed by atoms with Crippen LogP contribution in [0, 0.1) is 11.3 Å². The summed E-state index contributed by atoms with van der Waals surface area (Å²) in [6.07, 6.45) is 1.70. The van der Waals surface area contributed by atoms with E-state index in [1.807, 2.05) is 35.8 Å². The molecule has 0 amide bonds. The van der Waals surface area contributed by atoms with E-state index in [0.717, 1.165) is 11.0 Å². The van der Waals surface area contributed by atoms with Gasteiger partial charge in [0.25, 0.3) is 0 Å². The molecule has 126 valence electrons. The second kappa shape index (κ2) is 6.99. The van der Waals surface area contributed by atoms with Crippen molar-refractivity contribution in [3.05, 3.63) is 52.3 Å². The van der Waals surface area contributed by atoms with Gasteiger partial charge in [0.1, 0.15) is 6.07 Å². The lowest BCUT2D eigenvalue weighted by Crippen LogP contribution is -2.00. The largest absolute Gasteiger partial charge is 0.503 e. The number of aryl methyl sites for hydroxylation is 1. The summed E-state index contributed by atoms with van der Waals surface area (Å²) in [4.78, 5) is 4.61. The molecule has 0 unspecified atom stereocenters. The molecule has 0 aliphatic rings. The predicted octanol–water partition coefficient (Wildman–Crippen LogP) is 4.60. The second-order valence-corrected chi connectivity index (χ2v) is 6.15. The maximum absolute atomic E-state index is 10.1. The van der Waals surface area contributed by atoms with Crippen molar-refractivity contribution in [2.75, 3.05) is 7.11 Å². The van der Waals surface area contributed by atoms with Gasteiger partial charge in [-0.3, -0.25) is 0 Å². The number of para-hydroxylation sites is 2. The van der Waals surface area contributed by atoms with Crippen LogP contribution in [-0.2, 0) is 6.54 Å². The Morgan fingerprint density at radius 3 is 2.80 bits per heavy atom. The van der Waals surface area contributed by atoms with Crippen LogP contribution in [0.5, 0.6) is 11.5 Å². The first-order valence-electron chi connectivity index (χ1n) is 7.73. The smallest absolute Gasteiger partial charge is 0.172 e. The van der Waals surface area contributed by atoms with E-state index in [2.05, 4.69) is 27.0 Å². The molecule has 0 radical (unpaired) electrons. The third-order valence-electron chi connectivity index (χ3n) is 3.96. The van der Waals surface area contributed by atoms with Crippen LogP contribution in [0.25, 0.3) is 22.7 Å². The molecular formula is C19H16BrN3O2. The SMILES string of the molecule is CCn1c(/C(C#N)=C\c2ccc(OC)c(O)c2Br)nc2ccccc21. The fraction of sp³-hybridized carbons (Fsp3) is 0.158. The van der Waals surface area contributed by atoms with Crippen LogP contribution >= 0.6 is 15.9 Å². The minimum absolute atomic E-state index is 0.00228. The molecule has 0 fully saturated rings. The van der Waals surface area contributed by atoms with Crippen LogP contribution in [0.15, 0.2) is 40.9 Å². The second-order valence-electron chi connectivity index (χ2n) is 5.36. The fourth-order valence-electron chi connectivity index (χ4n) is 2.74. The molecule has 2 aromatic carbocycles. The number of aromatic nitrogens is 2. The minimum Gasteiger partial charge on any atom is -0.503 e. The predicted molar refractivity (Wildman–Crippen MR) is 101 cm³/mol. The van der Waals surface area contributed by atoms with Gasteiger partial charge in [0.05, 0.1) is 28.2 Å². The molecule has 5 nitrogen and oxygen atoms in total. The zero-order chi connectivity index (χ0) is 18.0. The van der Waals surface area contributed by atoms with Gasteiger partial charge >= 0.3 is 0 Å². The molecule has 0 spiro atoms. The Bertz CT molecular complexity index is 1020. The highest BCUT2D eigenvalue weighted by Crippen LogP contribution is 2.38. The van der Waals surface area contributed by atoms with E-state index < -0.39 is 0 Å². The number of phenols is 1. The van der Waals surface area contributed by atoms with E-state index in [1.54, 1.807) is 18.2 Å². The van der Waals surface area contributed by atoms with Crippen molar-refractivity contribution >= 4 is 38.6 Å². The van der Waals surface area contributed by atoms with E-state index in [-0.39, 0.29) is 5.75 Å². The summed E-state index contributed by atoms with van der Waals surface area (Å²) in [7, 11) is 1.49. The summed E-state index contributed by atoms with van der Waals surface area (Å²) >= 11 is 3.36. The molecule has 0 aliphatic heterocycles. The third-order valence-corrected chi connectivity index (χ3v) is 4.79. The van der Waals surface area contributed by atoms with Gasteiger partial charge in [0.2, 0.25) is 0 Å². The van der Waals surface area contributed by atoms with Gasteiger partial charge in [-0.25, -0.2) is 4.98 Å². The Hall–Kier alpha value is -2.78. The summed E-state index contributed by atoms with van der Waals surface area (Å²) in [6, 6.07) is 13.4. The Labute approximate surface area is 153 Å². The van der Waals surface area contributed by atoms with Crippen molar-refractivity contribution in [2.24, 2.45) is 0 Å². The number of halogens is 1. The molecule has 1 heterocycles. The lowest BCUT2D eigenvalue weighted by atomic mass is 10.1. The van der Waals surface area contributed by atoms with Crippen LogP contribution in [0.2, 0.25) is 0 Å². The Morgan fingerprint density at radius 2 is 2.12 bits per heavy atom. The number of rotatable bonds is 4. The molecule has 3 aromatic rings. The van der Waals surface area contributed by atoms with Gasteiger partial charge in [0, 0.05) is 6.54 Å². The summed E-state index contributed by atoms with van der Waals surface area (Å²) in [5.74, 6) is 0.967. The molecule has 0 saturated carbocycles. The topological polar surface area (TPSA) is 71.1 Å². The zero-order valence-corrected chi connectivity index (χ0v) is 15.4. The molecule has 0 atom stereocenters. The first-order valence-corrected chi connectivity index (χ1v) is 8.52. The molecule has 6 heteroatoms. The average Bonchev–Trinajstić information content (AvgIpc) is 3.01. The Morgan fingerprint density at radius 1 is 1.36 bits per heavy atom. The number of benzene rings is 2. The summed E-state index contributed by atoms with van der Waals surface area (Å²) in [5.41, 5.74) is 2.92. The molecule has 0 saturated heterocycles. The number of imidazole rings is 1.